The second-order valence-electron chi connectivity index (χ2n) is 7.25. The molecular formula is C23H20F2N2O4S. The van der Waals surface area contributed by atoms with Crippen molar-refractivity contribution >= 4 is 15.9 Å². The molecule has 0 aromatic heterocycles. The van der Waals surface area contributed by atoms with Crippen molar-refractivity contribution in [3.63, 3.8) is 0 Å². The number of nitrogens with zero attached hydrogens (tertiary/aromatic N) is 1. The van der Waals surface area contributed by atoms with Gasteiger partial charge in [-0.3, -0.25) is 4.79 Å². The fourth-order valence-electron chi connectivity index (χ4n) is 3.38. The first-order valence-corrected chi connectivity index (χ1v) is 11.3. The summed E-state index contributed by atoms with van der Waals surface area (Å²) in [4.78, 5) is 12.2. The molecule has 166 valence electrons. The number of carbonyl (C=O) groups excluding carboxylic acids is 1. The summed E-state index contributed by atoms with van der Waals surface area (Å²) in [7, 11) is -4.10. The van der Waals surface area contributed by atoms with Gasteiger partial charge < -0.3 is 10.1 Å². The van der Waals surface area contributed by atoms with Gasteiger partial charge in [0.25, 0.3) is 5.91 Å². The number of rotatable bonds is 5. The minimum atomic E-state index is -4.10. The summed E-state index contributed by atoms with van der Waals surface area (Å²) in [5.41, 5.74) is 1.80. The summed E-state index contributed by atoms with van der Waals surface area (Å²) >= 11 is 0. The third-order valence-electron chi connectivity index (χ3n) is 5.09. The van der Waals surface area contributed by atoms with Crippen molar-refractivity contribution in [1.29, 1.82) is 0 Å². The van der Waals surface area contributed by atoms with E-state index in [0.717, 1.165) is 22.0 Å². The number of halogens is 2. The van der Waals surface area contributed by atoms with Crippen LogP contribution in [0.15, 0.2) is 71.6 Å². The number of hydrogen-bond acceptors (Lipinski definition) is 4. The molecule has 1 aliphatic rings. The summed E-state index contributed by atoms with van der Waals surface area (Å²) in [6.45, 7) is 0.376. The van der Waals surface area contributed by atoms with E-state index in [1.165, 1.54) is 0 Å². The van der Waals surface area contributed by atoms with Crippen LogP contribution < -0.4 is 10.1 Å². The maximum atomic E-state index is 13.6. The van der Waals surface area contributed by atoms with Crippen molar-refractivity contribution < 1.29 is 26.7 Å². The molecule has 1 heterocycles. The second-order valence-corrected chi connectivity index (χ2v) is 9.19. The maximum Gasteiger partial charge on any atom is 0.251 e. The molecule has 4 rings (SSSR count). The first-order valence-electron chi connectivity index (χ1n) is 9.87. The average Bonchev–Trinajstić information content (AvgIpc) is 3.02. The SMILES string of the molecule is O=C(NCc1ccccc1)c1ccc2c(c1)CN(S(=O)(=O)c1ccc(F)c(F)c1)CCO2. The normalized spacial score (nSPS) is 14.2. The maximum absolute atomic E-state index is 13.6. The Morgan fingerprint density at radius 3 is 2.53 bits per heavy atom. The Morgan fingerprint density at radius 1 is 1.00 bits per heavy atom. The molecule has 1 N–H and O–H groups in total. The zero-order valence-corrected chi connectivity index (χ0v) is 17.7. The van der Waals surface area contributed by atoms with Gasteiger partial charge in [-0.1, -0.05) is 30.3 Å². The largest absolute Gasteiger partial charge is 0.492 e. The van der Waals surface area contributed by atoms with E-state index in [1.807, 2.05) is 30.3 Å². The lowest BCUT2D eigenvalue weighted by Gasteiger charge is -2.19. The highest BCUT2D eigenvalue weighted by atomic mass is 32.2. The molecule has 0 unspecified atom stereocenters. The molecule has 1 aliphatic heterocycles. The standard InChI is InChI=1S/C23H20F2N2O4S/c24-20-8-7-19(13-21(20)25)32(29,30)27-10-11-31-22-9-6-17(12-18(22)15-27)23(28)26-14-16-4-2-1-3-5-16/h1-9,12-13H,10-11,14-15H2,(H,26,28). The lowest BCUT2D eigenvalue weighted by Crippen LogP contribution is -2.32. The van der Waals surface area contributed by atoms with Crippen molar-refractivity contribution in [2.45, 2.75) is 18.0 Å². The molecule has 9 heteroatoms. The van der Waals surface area contributed by atoms with Crippen LogP contribution in [0.4, 0.5) is 8.78 Å². The predicted molar refractivity (Wildman–Crippen MR) is 114 cm³/mol. The summed E-state index contributed by atoms with van der Waals surface area (Å²) < 4.78 is 59.6. The second kappa shape index (κ2) is 9.05. The number of amides is 1. The molecule has 3 aromatic rings. The van der Waals surface area contributed by atoms with Crippen molar-refractivity contribution in [3.8, 4) is 5.75 Å². The molecule has 0 saturated carbocycles. The van der Waals surface area contributed by atoms with Crippen molar-refractivity contribution in [2.75, 3.05) is 13.2 Å². The number of nitrogens with one attached hydrogen (secondary N) is 1. The molecule has 3 aromatic carbocycles. The zero-order chi connectivity index (χ0) is 22.7. The van der Waals surface area contributed by atoms with Gasteiger partial charge in [-0.15, -0.1) is 0 Å². The topological polar surface area (TPSA) is 75.7 Å². The third-order valence-corrected chi connectivity index (χ3v) is 6.93. The molecule has 1 amide bonds. The molecule has 0 bridgehead atoms. The number of sulfonamides is 1. The minimum absolute atomic E-state index is 0.0194. The molecule has 0 radical (unpaired) electrons. The van der Waals surface area contributed by atoms with Crippen molar-refractivity contribution in [2.24, 2.45) is 0 Å². The number of benzene rings is 3. The average molecular weight is 458 g/mol. The summed E-state index contributed by atoms with van der Waals surface area (Å²) in [6, 6.07) is 16.7. The fraction of sp³-hybridized carbons (Fsp3) is 0.174. The zero-order valence-electron chi connectivity index (χ0n) is 16.9. The Bertz CT molecular complexity index is 1250. The first kappa shape index (κ1) is 21.9. The van der Waals surface area contributed by atoms with Crippen LogP contribution in [0.25, 0.3) is 0 Å². The number of fused-ring (bicyclic) bond motifs is 1. The molecule has 32 heavy (non-hydrogen) atoms. The molecule has 0 saturated heterocycles. The Labute approximate surface area is 184 Å². The predicted octanol–water partition coefficient (Wildman–Crippen LogP) is 3.48. The van der Waals surface area contributed by atoms with Gasteiger partial charge in [0.15, 0.2) is 11.6 Å². The Hall–Kier alpha value is -3.30. The monoisotopic (exact) mass is 458 g/mol. The van der Waals surface area contributed by atoms with Crippen LogP contribution >= 0.6 is 0 Å². The van der Waals surface area contributed by atoms with Crippen LogP contribution in [0.3, 0.4) is 0 Å². The van der Waals surface area contributed by atoms with Crippen molar-refractivity contribution in [1.82, 2.24) is 9.62 Å². The lowest BCUT2D eigenvalue weighted by atomic mass is 10.1. The minimum Gasteiger partial charge on any atom is -0.492 e. The van der Waals surface area contributed by atoms with E-state index in [1.54, 1.807) is 18.2 Å². The van der Waals surface area contributed by atoms with Gasteiger partial charge in [-0.05, 0) is 42.0 Å². The molecule has 0 aliphatic carbocycles. The highest BCUT2D eigenvalue weighted by molar-refractivity contribution is 7.89. The van der Waals surface area contributed by atoms with Crippen LogP contribution in [0.2, 0.25) is 0 Å². The van der Waals surface area contributed by atoms with Crippen LogP contribution in [-0.4, -0.2) is 31.8 Å². The van der Waals surface area contributed by atoms with Gasteiger partial charge in [0, 0.05) is 30.8 Å². The summed E-state index contributed by atoms with van der Waals surface area (Å²) in [5.74, 6) is -2.21. The van der Waals surface area contributed by atoms with Gasteiger partial charge in [0.2, 0.25) is 10.0 Å². The van der Waals surface area contributed by atoms with Gasteiger partial charge in [0.05, 0.1) is 4.90 Å². The fourth-order valence-corrected chi connectivity index (χ4v) is 4.80. The van der Waals surface area contributed by atoms with Gasteiger partial charge in [0.1, 0.15) is 12.4 Å². The van der Waals surface area contributed by atoms with Crippen LogP contribution in [0.1, 0.15) is 21.5 Å². The van der Waals surface area contributed by atoms with Crippen LogP contribution in [-0.2, 0) is 23.1 Å². The van der Waals surface area contributed by atoms with E-state index in [0.29, 0.717) is 29.5 Å². The van der Waals surface area contributed by atoms with Gasteiger partial charge >= 0.3 is 0 Å². The molecular weight excluding hydrogens is 438 g/mol. The van der Waals surface area contributed by atoms with Gasteiger partial charge in [-0.25, -0.2) is 17.2 Å². The van der Waals surface area contributed by atoms with E-state index in [-0.39, 0.29) is 30.5 Å². The Morgan fingerprint density at radius 2 is 1.78 bits per heavy atom. The number of hydrogen-bond donors (Lipinski definition) is 1. The smallest absolute Gasteiger partial charge is 0.251 e. The van der Waals surface area contributed by atoms with Gasteiger partial charge in [-0.2, -0.15) is 4.31 Å². The highest BCUT2D eigenvalue weighted by Gasteiger charge is 2.29. The van der Waals surface area contributed by atoms with E-state index >= 15 is 0 Å². The Balaban J connectivity index is 1.55. The lowest BCUT2D eigenvalue weighted by molar-refractivity contribution is 0.0950. The molecule has 0 spiro atoms. The summed E-state index contributed by atoms with van der Waals surface area (Å²) in [5, 5.41) is 2.83. The molecule has 0 atom stereocenters. The van der Waals surface area contributed by atoms with E-state index < -0.39 is 21.7 Å². The quantitative estimate of drug-likeness (QED) is 0.635. The van der Waals surface area contributed by atoms with Crippen LogP contribution in [0.5, 0.6) is 5.75 Å². The van der Waals surface area contributed by atoms with E-state index in [9.17, 15) is 22.0 Å². The number of carbonyl (C=O) groups is 1. The Kier molecular flexibility index (Phi) is 6.20. The highest BCUT2D eigenvalue weighted by Crippen LogP contribution is 2.28. The van der Waals surface area contributed by atoms with E-state index in [4.69, 9.17) is 4.74 Å². The first-order chi connectivity index (χ1) is 15.3. The molecule has 6 nitrogen and oxygen atoms in total. The van der Waals surface area contributed by atoms with Crippen molar-refractivity contribution in [3.05, 3.63) is 95.1 Å². The summed E-state index contributed by atoms with van der Waals surface area (Å²) in [6.07, 6.45) is 0. The number of ether oxygens (including phenoxy) is 1. The molecule has 0 fully saturated rings. The third kappa shape index (κ3) is 4.63. The van der Waals surface area contributed by atoms with E-state index in [2.05, 4.69) is 5.32 Å². The van der Waals surface area contributed by atoms with Crippen LogP contribution in [0, 0.1) is 11.6 Å².